The summed E-state index contributed by atoms with van der Waals surface area (Å²) in [5, 5.41) is 0. The van der Waals surface area contributed by atoms with Crippen LogP contribution in [0.2, 0.25) is 0 Å². The van der Waals surface area contributed by atoms with Crippen LogP contribution in [0.3, 0.4) is 0 Å². The van der Waals surface area contributed by atoms with E-state index in [1.54, 1.807) is 0 Å². The molecule has 1 spiro atoms. The van der Waals surface area contributed by atoms with E-state index in [4.69, 9.17) is 10.5 Å². The van der Waals surface area contributed by atoms with Gasteiger partial charge >= 0.3 is 0 Å². The van der Waals surface area contributed by atoms with Crippen molar-refractivity contribution >= 4 is 0 Å². The molecule has 3 rings (SSSR count). The van der Waals surface area contributed by atoms with Gasteiger partial charge in [-0.25, -0.2) is 0 Å². The minimum absolute atomic E-state index is 0.204. The maximum absolute atomic E-state index is 6.40. The van der Waals surface area contributed by atoms with E-state index in [1.807, 2.05) is 18.5 Å². The van der Waals surface area contributed by atoms with Crippen LogP contribution in [0.25, 0.3) is 0 Å². The van der Waals surface area contributed by atoms with Crippen LogP contribution in [0.15, 0.2) is 24.5 Å². The summed E-state index contributed by atoms with van der Waals surface area (Å²) in [6.07, 6.45) is 10.8. The van der Waals surface area contributed by atoms with Crippen LogP contribution < -0.4 is 5.73 Å². The molecule has 0 bridgehead atoms. The lowest BCUT2D eigenvalue weighted by Crippen LogP contribution is -2.49. The molecule has 2 aliphatic rings. The van der Waals surface area contributed by atoms with E-state index in [2.05, 4.69) is 11.1 Å². The third-order valence-corrected chi connectivity index (χ3v) is 4.60. The second kappa shape index (κ2) is 4.98. The number of pyridine rings is 1. The van der Waals surface area contributed by atoms with Gasteiger partial charge < -0.3 is 10.5 Å². The summed E-state index contributed by atoms with van der Waals surface area (Å²) >= 11 is 0. The molecule has 98 valence electrons. The molecule has 2 atom stereocenters. The van der Waals surface area contributed by atoms with Crippen LogP contribution in [0, 0.1) is 5.92 Å². The zero-order valence-corrected chi connectivity index (χ0v) is 10.8. The molecule has 3 nitrogen and oxygen atoms in total. The highest BCUT2D eigenvalue weighted by Gasteiger charge is 2.43. The monoisotopic (exact) mass is 246 g/mol. The topological polar surface area (TPSA) is 48.1 Å². The summed E-state index contributed by atoms with van der Waals surface area (Å²) in [4.78, 5) is 4.16. The fourth-order valence-corrected chi connectivity index (χ4v) is 3.31. The van der Waals surface area contributed by atoms with E-state index in [0.29, 0.717) is 5.92 Å². The van der Waals surface area contributed by atoms with E-state index in [1.165, 1.54) is 24.8 Å². The van der Waals surface area contributed by atoms with Crippen molar-refractivity contribution < 1.29 is 4.74 Å². The quantitative estimate of drug-likeness (QED) is 0.890. The lowest BCUT2D eigenvalue weighted by molar-refractivity contribution is -0.145. The lowest BCUT2D eigenvalue weighted by atomic mass is 9.70. The third-order valence-electron chi connectivity index (χ3n) is 4.60. The molecule has 0 radical (unpaired) electrons. The van der Waals surface area contributed by atoms with Crippen molar-refractivity contribution in [3.05, 3.63) is 30.1 Å². The van der Waals surface area contributed by atoms with Crippen LogP contribution in [-0.2, 0) is 11.2 Å². The summed E-state index contributed by atoms with van der Waals surface area (Å²) in [5.41, 5.74) is 7.85. The van der Waals surface area contributed by atoms with Crippen molar-refractivity contribution in [2.75, 3.05) is 6.61 Å². The molecule has 0 amide bonds. The van der Waals surface area contributed by atoms with Crippen molar-refractivity contribution in [2.24, 2.45) is 11.7 Å². The third kappa shape index (κ3) is 2.43. The molecule has 2 fully saturated rings. The zero-order chi connectivity index (χ0) is 12.4. The molecule has 2 N–H and O–H groups in total. The maximum atomic E-state index is 6.40. The van der Waals surface area contributed by atoms with Gasteiger partial charge in [0.2, 0.25) is 0 Å². The Balaban J connectivity index is 1.60. The molecule has 1 aliphatic carbocycles. The van der Waals surface area contributed by atoms with Crippen LogP contribution in [-0.4, -0.2) is 23.2 Å². The predicted octanol–water partition coefficient (Wildman–Crippen LogP) is 2.30. The van der Waals surface area contributed by atoms with Crippen molar-refractivity contribution in [1.82, 2.24) is 4.98 Å². The van der Waals surface area contributed by atoms with Crippen molar-refractivity contribution in [3.63, 3.8) is 0 Å². The molecule has 18 heavy (non-hydrogen) atoms. The minimum Gasteiger partial charge on any atom is -0.375 e. The fourth-order valence-electron chi connectivity index (χ4n) is 3.31. The van der Waals surface area contributed by atoms with Gasteiger partial charge in [0.05, 0.1) is 5.60 Å². The van der Waals surface area contributed by atoms with Gasteiger partial charge in [-0.2, -0.15) is 0 Å². The molecule has 1 aromatic rings. The predicted molar refractivity (Wildman–Crippen MR) is 71.2 cm³/mol. The van der Waals surface area contributed by atoms with Crippen LogP contribution in [0.5, 0.6) is 0 Å². The van der Waals surface area contributed by atoms with Crippen LogP contribution in [0.1, 0.15) is 37.7 Å². The molecule has 1 saturated heterocycles. The molecule has 1 saturated carbocycles. The van der Waals surface area contributed by atoms with Gasteiger partial charge in [0.1, 0.15) is 0 Å². The van der Waals surface area contributed by atoms with E-state index >= 15 is 0 Å². The molecule has 2 unspecified atom stereocenters. The number of rotatable bonds is 3. The zero-order valence-electron chi connectivity index (χ0n) is 10.8. The maximum Gasteiger partial charge on any atom is 0.0685 e. The normalized spacial score (nSPS) is 27.7. The Hall–Kier alpha value is -0.930. The Kier molecular flexibility index (Phi) is 3.35. The second-order valence-electron chi connectivity index (χ2n) is 5.87. The highest BCUT2D eigenvalue weighted by molar-refractivity contribution is 5.11. The largest absolute Gasteiger partial charge is 0.375 e. The van der Waals surface area contributed by atoms with Crippen molar-refractivity contribution in [1.29, 1.82) is 0 Å². The number of nitrogens with zero attached hydrogens (tertiary/aromatic N) is 1. The number of ether oxygens (including phenoxy) is 1. The Bertz CT molecular complexity index is 389. The molecule has 3 heteroatoms. The first kappa shape index (κ1) is 12.1. The summed E-state index contributed by atoms with van der Waals surface area (Å²) < 4.78 is 5.96. The SMILES string of the molecule is NC(Cc1cccnc1)C1CCOC2(CCC2)C1. The molecule has 2 heterocycles. The fraction of sp³-hybridized carbons (Fsp3) is 0.667. The number of aromatic nitrogens is 1. The Morgan fingerprint density at radius 3 is 3.06 bits per heavy atom. The number of nitrogens with two attached hydrogens (primary N) is 1. The standard InChI is InChI=1S/C15H22N2O/c16-14(9-12-3-1-7-17-11-12)13-4-8-18-15(10-13)5-2-6-15/h1,3,7,11,13-14H,2,4-6,8-10,16H2. The second-order valence-corrected chi connectivity index (χ2v) is 5.87. The van der Waals surface area contributed by atoms with E-state index in [-0.39, 0.29) is 11.6 Å². The summed E-state index contributed by atoms with van der Waals surface area (Å²) in [6, 6.07) is 4.35. The highest BCUT2D eigenvalue weighted by atomic mass is 16.5. The Morgan fingerprint density at radius 1 is 1.50 bits per heavy atom. The first-order valence-corrected chi connectivity index (χ1v) is 7.06. The van der Waals surface area contributed by atoms with Gasteiger partial charge in [-0.05, 0) is 56.1 Å². The first-order chi connectivity index (χ1) is 8.77. The van der Waals surface area contributed by atoms with Gasteiger partial charge in [-0.15, -0.1) is 0 Å². The molecule has 1 aliphatic heterocycles. The van der Waals surface area contributed by atoms with Gasteiger partial charge in [0.15, 0.2) is 0 Å². The summed E-state index contributed by atoms with van der Waals surface area (Å²) in [6.45, 7) is 0.894. The highest BCUT2D eigenvalue weighted by Crippen LogP contribution is 2.44. The molecule has 0 aromatic carbocycles. The average Bonchev–Trinajstić information content (AvgIpc) is 2.38. The molecular weight excluding hydrogens is 224 g/mol. The lowest BCUT2D eigenvalue weighted by Gasteiger charge is -2.48. The van der Waals surface area contributed by atoms with Crippen molar-refractivity contribution in [2.45, 2.75) is 50.2 Å². The van der Waals surface area contributed by atoms with Crippen LogP contribution in [0.4, 0.5) is 0 Å². The Labute approximate surface area is 109 Å². The number of hydrogen-bond donors (Lipinski definition) is 1. The van der Waals surface area contributed by atoms with E-state index < -0.39 is 0 Å². The van der Waals surface area contributed by atoms with Crippen LogP contribution >= 0.6 is 0 Å². The summed E-state index contributed by atoms with van der Waals surface area (Å²) in [5.74, 6) is 0.610. The van der Waals surface area contributed by atoms with E-state index in [9.17, 15) is 0 Å². The smallest absolute Gasteiger partial charge is 0.0685 e. The van der Waals surface area contributed by atoms with Gasteiger partial charge in [0, 0.05) is 25.0 Å². The first-order valence-electron chi connectivity index (χ1n) is 7.06. The van der Waals surface area contributed by atoms with Gasteiger partial charge in [0.25, 0.3) is 0 Å². The van der Waals surface area contributed by atoms with Crippen molar-refractivity contribution in [3.8, 4) is 0 Å². The average molecular weight is 246 g/mol. The molecule has 1 aromatic heterocycles. The number of hydrogen-bond acceptors (Lipinski definition) is 3. The summed E-state index contributed by atoms with van der Waals surface area (Å²) in [7, 11) is 0. The molecular formula is C15H22N2O. The Morgan fingerprint density at radius 2 is 2.39 bits per heavy atom. The van der Waals surface area contributed by atoms with Gasteiger partial charge in [-0.3, -0.25) is 4.98 Å². The van der Waals surface area contributed by atoms with Gasteiger partial charge in [-0.1, -0.05) is 6.07 Å². The van der Waals surface area contributed by atoms with E-state index in [0.717, 1.165) is 25.9 Å². The minimum atomic E-state index is 0.204.